The third kappa shape index (κ3) is 21.7. The second-order valence-corrected chi connectivity index (χ2v) is 30.6. The van der Waals surface area contributed by atoms with Crippen LogP contribution >= 0.6 is 39.0 Å². The predicted molar refractivity (Wildman–Crippen MR) is 388 cm³/mol. The van der Waals surface area contributed by atoms with Crippen LogP contribution in [0.15, 0.2) is 180 Å². The second-order valence-electron chi connectivity index (χ2n) is 24.8. The van der Waals surface area contributed by atoms with Crippen LogP contribution in [0.3, 0.4) is 0 Å². The number of hydrogen-bond donors (Lipinski definition) is 7. The fourth-order valence-corrected chi connectivity index (χ4v) is 15.0. The SMILES string of the molecule is C=CC.CC(C)(CO)C(=O)SCCOP(=O)(NCc1ccccc1)OCC1OC(n2cnc(N)nc2=O)C(O)C1O.CCC(C)(C)C(=O)SCCOP(=O)(NCc1ccccc1)OCC1OC(n2cnc(NC(c3ccccc3)(c3ccccc3)c3ccc(OC)cc3)nc2=O)C2OC(OC)OC12. The van der Waals surface area contributed by atoms with Crippen molar-refractivity contribution in [3.05, 3.63) is 220 Å². The van der Waals surface area contributed by atoms with Gasteiger partial charge >= 0.3 is 26.9 Å². The smallest absolute Gasteiger partial charge is 0.405 e. The zero-order valence-electron chi connectivity index (χ0n) is 58.4. The van der Waals surface area contributed by atoms with Crippen LogP contribution in [-0.4, -0.2) is 156 Å². The molecule has 0 bridgehead atoms. The lowest BCUT2D eigenvalue weighted by atomic mass is 9.77. The molecule has 7 aromatic rings. The van der Waals surface area contributed by atoms with Gasteiger partial charge in [-0.05, 0) is 67.1 Å². The van der Waals surface area contributed by atoms with E-state index < -0.39 is 105 Å². The first kappa shape index (κ1) is 81.5. The number of allylic oxidation sites excluding steroid dienone is 1. The normalized spacial score (nSPS) is 21.3. The van der Waals surface area contributed by atoms with E-state index in [2.05, 4.69) is 42.0 Å². The Kier molecular flexibility index (Phi) is 30.2. The van der Waals surface area contributed by atoms with Gasteiger partial charge in [-0.25, -0.2) is 38.9 Å². The zero-order valence-corrected chi connectivity index (χ0v) is 61.8. The van der Waals surface area contributed by atoms with Crippen LogP contribution in [0.1, 0.15) is 88.2 Å². The van der Waals surface area contributed by atoms with Gasteiger partial charge in [0.25, 0.3) is 6.48 Å². The first-order valence-electron chi connectivity index (χ1n) is 32.9. The number of aromatic nitrogens is 6. The average Bonchev–Trinajstić information content (AvgIpc) is 1.50. The Labute approximate surface area is 606 Å². The van der Waals surface area contributed by atoms with Crippen molar-refractivity contribution in [3.8, 4) is 5.75 Å². The molecule has 103 heavy (non-hydrogen) atoms. The number of carbonyl (C=O) groups is 2. The molecule has 3 fully saturated rings. The van der Waals surface area contributed by atoms with E-state index in [1.54, 1.807) is 39.2 Å². The quantitative estimate of drug-likeness (QED) is 0.00876. The molecule has 2 aromatic heterocycles. The summed E-state index contributed by atoms with van der Waals surface area (Å²) in [5.74, 6) is 0.900. The summed E-state index contributed by atoms with van der Waals surface area (Å²) >= 11 is 2.05. The molecule has 33 heteroatoms. The molecule has 11 unspecified atom stereocenters. The number of nitrogens with two attached hydrogens (primary N) is 1. The molecule has 556 valence electrons. The zero-order chi connectivity index (χ0) is 74.4. The van der Waals surface area contributed by atoms with E-state index in [0.29, 0.717) is 12.2 Å². The number of methoxy groups -OCH3 is 2. The number of aliphatic hydroxyl groups is 3. The van der Waals surface area contributed by atoms with Crippen LogP contribution in [0.4, 0.5) is 11.9 Å². The van der Waals surface area contributed by atoms with Crippen molar-refractivity contribution >= 4 is 61.1 Å². The average molecular weight is 1500 g/mol. The van der Waals surface area contributed by atoms with Crippen molar-refractivity contribution in [3.63, 3.8) is 0 Å². The van der Waals surface area contributed by atoms with Crippen molar-refractivity contribution in [2.45, 2.75) is 122 Å². The molecule has 11 atom stereocenters. The van der Waals surface area contributed by atoms with Gasteiger partial charge in [-0.1, -0.05) is 184 Å². The highest BCUT2D eigenvalue weighted by atomic mass is 32.2. The number of nitrogens with one attached hydrogen (secondary N) is 3. The third-order valence-corrected chi connectivity index (χ3v) is 22.1. The summed E-state index contributed by atoms with van der Waals surface area (Å²) in [7, 11) is -4.97. The molecule has 0 spiro atoms. The summed E-state index contributed by atoms with van der Waals surface area (Å²) in [6, 6.07) is 45.8. The van der Waals surface area contributed by atoms with Gasteiger partial charge < -0.3 is 54.8 Å². The van der Waals surface area contributed by atoms with E-state index in [9.17, 15) is 43.6 Å². The molecule has 0 amide bonds. The van der Waals surface area contributed by atoms with Crippen molar-refractivity contribution in [1.29, 1.82) is 0 Å². The number of hydrogen-bond acceptors (Lipinski definition) is 27. The van der Waals surface area contributed by atoms with Gasteiger partial charge in [0.2, 0.25) is 11.9 Å². The van der Waals surface area contributed by atoms with Crippen LogP contribution in [0.25, 0.3) is 0 Å². The number of benzene rings is 5. The third-order valence-electron chi connectivity index (χ3n) is 16.6. The highest BCUT2D eigenvalue weighted by Gasteiger charge is 2.55. The first-order chi connectivity index (χ1) is 49.3. The lowest BCUT2D eigenvalue weighted by molar-refractivity contribution is -0.256. The van der Waals surface area contributed by atoms with Gasteiger partial charge in [0, 0.05) is 37.1 Å². The van der Waals surface area contributed by atoms with Gasteiger partial charge in [-0.3, -0.25) is 36.8 Å². The Morgan fingerprint density at radius 2 is 1.09 bits per heavy atom. The van der Waals surface area contributed by atoms with E-state index in [1.807, 2.05) is 161 Å². The summed E-state index contributed by atoms with van der Waals surface area (Å²) < 4.78 is 87.7. The van der Waals surface area contributed by atoms with E-state index in [1.165, 1.54) is 18.0 Å². The molecule has 5 heterocycles. The van der Waals surface area contributed by atoms with Gasteiger partial charge in [0.05, 0.1) is 45.6 Å². The van der Waals surface area contributed by atoms with Gasteiger partial charge in [0.15, 0.2) is 22.7 Å². The Bertz CT molecular complexity index is 4030. The molecule has 5 aromatic carbocycles. The molecule has 3 saturated heterocycles. The standard InChI is InChI=1S/C45H52N5O10PS.C22H32N5O9PS.C3H6/c1-6-44(2,3)40(51)62-27-26-56-61(53,47-28-31-16-10-7-11-17-31)57-29-36-37-38(60-43(55-5)59-37)39(58-36)50-30-46-41(48-42(50)52)49-45(32-18-12-8-13-19-32,33-20-14-9-15-21-33)34-22-24-35(54-4)25-23-34;1-22(2,12-28)19(31)38-9-8-34-37(33,25-10-14-6-4-3-5-7-14)35-11-15-16(29)17(30)18(36-15)27-13-24-20(23)26-21(27)32;1-3-2/h7-25,30,36-39,43H,6,26-29H2,1-5H3,(H,47,53)(H,48,49,52);3-7,13,15-18,28-30H,8-12H2,1-2H3,(H,25,33)(H2,23,26,32);3H,1H2,2H3. The number of carbonyl (C=O) groups excluding carboxylic acids is 2. The Morgan fingerprint density at radius 3 is 1.57 bits per heavy atom. The molecular formula is C70H90N10O19P2S2. The second kappa shape index (κ2) is 38.2. The van der Waals surface area contributed by atoms with Gasteiger partial charge in [-0.15, -0.1) is 6.58 Å². The highest BCUT2D eigenvalue weighted by molar-refractivity contribution is 8.14. The summed E-state index contributed by atoms with van der Waals surface area (Å²) in [6.07, 6.45) is -4.38. The van der Waals surface area contributed by atoms with E-state index in [4.69, 9.17) is 52.2 Å². The monoisotopic (exact) mass is 1500 g/mol. The number of anilines is 2. The fraction of sp³-hybridized carbons (Fsp3) is 0.429. The molecule has 0 saturated carbocycles. The van der Waals surface area contributed by atoms with E-state index in [-0.39, 0.29) is 73.1 Å². The number of aliphatic hydroxyl groups excluding tert-OH is 3. The Hall–Kier alpha value is -7.20. The molecule has 29 nitrogen and oxygen atoms in total. The van der Waals surface area contributed by atoms with Crippen LogP contribution in [0.2, 0.25) is 0 Å². The highest BCUT2D eigenvalue weighted by Crippen LogP contribution is 2.49. The lowest BCUT2D eigenvalue weighted by Gasteiger charge is -2.37. The number of fused-ring (bicyclic) bond motifs is 1. The van der Waals surface area contributed by atoms with Crippen molar-refractivity contribution in [2.24, 2.45) is 10.8 Å². The summed E-state index contributed by atoms with van der Waals surface area (Å²) in [6.45, 7) is 12.2. The van der Waals surface area contributed by atoms with Crippen molar-refractivity contribution in [2.75, 3.05) is 69.8 Å². The van der Waals surface area contributed by atoms with E-state index in [0.717, 1.165) is 62.2 Å². The van der Waals surface area contributed by atoms with Gasteiger partial charge in [-0.2, -0.15) is 9.97 Å². The van der Waals surface area contributed by atoms with Gasteiger partial charge in [0.1, 0.15) is 60.6 Å². The van der Waals surface area contributed by atoms with Crippen molar-refractivity contribution in [1.82, 2.24) is 39.2 Å². The minimum absolute atomic E-state index is 0.0195. The summed E-state index contributed by atoms with van der Waals surface area (Å²) in [4.78, 5) is 67.4. The lowest BCUT2D eigenvalue weighted by Crippen LogP contribution is -2.40. The fourth-order valence-electron chi connectivity index (χ4n) is 10.4. The molecule has 0 aliphatic carbocycles. The van der Waals surface area contributed by atoms with Crippen LogP contribution in [-0.2, 0) is 79.1 Å². The maximum absolute atomic E-state index is 14.3. The summed E-state index contributed by atoms with van der Waals surface area (Å²) in [5.41, 5.74) is 5.65. The van der Waals surface area contributed by atoms with Crippen LogP contribution in [0, 0.1) is 10.8 Å². The van der Waals surface area contributed by atoms with Crippen LogP contribution in [0.5, 0.6) is 5.75 Å². The number of ether oxygens (including phenoxy) is 6. The van der Waals surface area contributed by atoms with Crippen molar-refractivity contribution < 1.29 is 80.6 Å². The maximum Gasteiger partial charge on any atom is 0.405 e. The van der Waals surface area contributed by atoms with E-state index >= 15 is 0 Å². The number of nitrogens with zero attached hydrogens (tertiary/aromatic N) is 6. The molecule has 3 aliphatic heterocycles. The summed E-state index contributed by atoms with van der Waals surface area (Å²) in [5, 5.41) is 39.2. The number of rotatable bonds is 33. The minimum atomic E-state index is -4.01. The number of thioether (sulfide) groups is 2. The van der Waals surface area contributed by atoms with Crippen LogP contribution < -0.4 is 37.3 Å². The largest absolute Gasteiger partial charge is 0.497 e. The first-order valence-corrected chi connectivity index (χ1v) is 38.0. The molecular weight excluding hydrogens is 1410 g/mol. The molecule has 3 aliphatic rings. The maximum atomic E-state index is 14.3. The Balaban J connectivity index is 0.000000280. The topological polar surface area (TPSA) is 379 Å². The molecule has 0 radical (unpaired) electrons. The number of nitrogen functional groups attached to an aromatic ring is 1. The predicted octanol–water partition coefficient (Wildman–Crippen LogP) is 8.53. The molecule has 10 rings (SSSR count). The minimum Gasteiger partial charge on any atom is -0.497 e. The molecule has 8 N–H and O–H groups in total. The Morgan fingerprint density at radius 1 is 0.631 bits per heavy atom.